The van der Waals surface area contributed by atoms with Gasteiger partial charge >= 0.3 is 0 Å². The molecule has 7 nitrogen and oxygen atoms in total. The van der Waals surface area contributed by atoms with Gasteiger partial charge in [-0.1, -0.05) is 6.92 Å². The smallest absolute Gasteiger partial charge is 0.258 e. The predicted molar refractivity (Wildman–Crippen MR) is 117 cm³/mol. The van der Waals surface area contributed by atoms with Gasteiger partial charge in [0.1, 0.15) is 23.7 Å². The van der Waals surface area contributed by atoms with E-state index in [-0.39, 0.29) is 5.75 Å². The minimum atomic E-state index is -2.71. The number of carbonyl (C=O) groups excluding carboxylic acids is 1. The quantitative estimate of drug-likeness (QED) is 0.483. The van der Waals surface area contributed by atoms with Crippen molar-refractivity contribution in [2.45, 2.75) is 32.7 Å². The maximum atomic E-state index is 13.8. The molecule has 0 aliphatic rings. The first-order valence-electron chi connectivity index (χ1n) is 9.70. The van der Waals surface area contributed by atoms with Crippen LogP contribution in [0.5, 0.6) is 5.75 Å². The number of hydrogen-bond donors (Lipinski definition) is 2. The van der Waals surface area contributed by atoms with E-state index in [1.54, 1.807) is 6.07 Å². The summed E-state index contributed by atoms with van der Waals surface area (Å²) in [6, 6.07) is 5.96. The molecule has 0 saturated carbocycles. The number of alkyl halides is 2. The summed E-state index contributed by atoms with van der Waals surface area (Å²) in [5.74, 6) is -0.888. The van der Waals surface area contributed by atoms with Crippen LogP contribution in [-0.2, 0) is 23.6 Å². The average Bonchev–Trinajstić information content (AvgIpc) is 2.78. The fourth-order valence-corrected chi connectivity index (χ4v) is 3.14. The average molecular weight is 463 g/mol. The maximum absolute atomic E-state index is 13.8. The van der Waals surface area contributed by atoms with Gasteiger partial charge in [0.2, 0.25) is 0 Å². The highest BCUT2D eigenvalue weighted by Gasteiger charge is 2.18. The van der Waals surface area contributed by atoms with Crippen molar-refractivity contribution in [1.29, 1.82) is 0 Å². The Morgan fingerprint density at radius 2 is 2.03 bits per heavy atom. The first-order chi connectivity index (χ1) is 15.3. The van der Waals surface area contributed by atoms with E-state index in [0.29, 0.717) is 29.1 Å². The molecule has 0 radical (unpaired) electrons. The molecular formula is C21H20F3N5O2S. The van der Waals surface area contributed by atoms with Crippen molar-refractivity contribution in [2.75, 3.05) is 11.9 Å². The molecule has 1 heterocycles. The molecule has 32 heavy (non-hydrogen) atoms. The highest BCUT2D eigenvalue weighted by molar-refractivity contribution is 7.47. The zero-order chi connectivity index (χ0) is 23.3. The number of halogens is 3. The van der Waals surface area contributed by atoms with Crippen molar-refractivity contribution >= 4 is 46.4 Å². The first-order valence-corrected chi connectivity index (χ1v) is 10.1. The normalized spacial score (nSPS) is 11.9. The van der Waals surface area contributed by atoms with E-state index >= 15 is 0 Å². The molecule has 3 rings (SSSR count). The molecule has 0 saturated heterocycles. The Morgan fingerprint density at radius 1 is 1.25 bits per heavy atom. The van der Waals surface area contributed by atoms with Crippen LogP contribution < -0.4 is 15.4 Å². The third-order valence-corrected chi connectivity index (χ3v) is 4.82. The largest absolute Gasteiger partial charge is 0.481 e. The van der Waals surface area contributed by atoms with Crippen LogP contribution in [0, 0.1) is 5.82 Å². The molecule has 0 fully saturated rings. The standard InChI is InChI=1S/C21H20F3N5O2S/c1-3-12-6-14(29-32)8-16-19(12)21(26-10-25-16)28-15-5-4-13(22)7-17(15)31-9-18(30)27-11(2)20(23)24/h4-8,10-11,20H,3,9H2,1-2H3,(H,27,30)(H,25,26,28). The minimum Gasteiger partial charge on any atom is -0.481 e. The lowest BCUT2D eigenvalue weighted by molar-refractivity contribution is -0.124. The SMILES string of the molecule is CCc1cc(N=S)cc2ncnc(Nc3ccc(F)cc3OCC(=O)NC(C)C(F)F)c12. The second kappa shape index (κ2) is 10.3. The molecule has 1 unspecified atom stereocenters. The van der Waals surface area contributed by atoms with Crippen molar-refractivity contribution in [2.24, 2.45) is 4.36 Å². The molecule has 0 bridgehead atoms. The van der Waals surface area contributed by atoms with Crippen molar-refractivity contribution in [1.82, 2.24) is 15.3 Å². The van der Waals surface area contributed by atoms with Crippen LogP contribution in [0.15, 0.2) is 41.0 Å². The number of aryl methyl sites for hydroxylation is 1. The molecule has 168 valence electrons. The molecule has 11 heteroatoms. The van der Waals surface area contributed by atoms with Crippen LogP contribution in [-0.4, -0.2) is 34.9 Å². The Hall–Kier alpha value is -3.34. The molecular weight excluding hydrogens is 443 g/mol. The Labute approximate surface area is 187 Å². The van der Waals surface area contributed by atoms with Crippen LogP contribution >= 0.6 is 0 Å². The van der Waals surface area contributed by atoms with E-state index in [1.165, 1.54) is 25.4 Å². The van der Waals surface area contributed by atoms with Gasteiger partial charge in [-0.3, -0.25) is 4.79 Å². The Bertz CT molecular complexity index is 1150. The highest BCUT2D eigenvalue weighted by atomic mass is 32.1. The van der Waals surface area contributed by atoms with Gasteiger partial charge in [0.25, 0.3) is 12.3 Å². The summed E-state index contributed by atoms with van der Waals surface area (Å²) in [7, 11) is 0. The topological polar surface area (TPSA) is 88.5 Å². The van der Waals surface area contributed by atoms with E-state index in [1.807, 2.05) is 13.0 Å². The summed E-state index contributed by atoms with van der Waals surface area (Å²) < 4.78 is 48.2. The van der Waals surface area contributed by atoms with Gasteiger partial charge in [0.15, 0.2) is 6.61 Å². The third kappa shape index (κ3) is 5.47. The van der Waals surface area contributed by atoms with Gasteiger partial charge in [-0.25, -0.2) is 23.1 Å². The van der Waals surface area contributed by atoms with E-state index in [2.05, 4.69) is 25.0 Å². The monoisotopic (exact) mass is 463 g/mol. The molecule has 1 amide bonds. The van der Waals surface area contributed by atoms with Crippen molar-refractivity contribution in [3.8, 4) is 5.75 Å². The summed E-state index contributed by atoms with van der Waals surface area (Å²) in [4.78, 5) is 20.5. The lowest BCUT2D eigenvalue weighted by Crippen LogP contribution is -2.40. The summed E-state index contributed by atoms with van der Waals surface area (Å²) >= 11 is 4.79. The number of anilines is 2. The van der Waals surface area contributed by atoms with Gasteiger partial charge in [-0.2, -0.15) is 4.36 Å². The number of aromatic nitrogens is 2. The number of rotatable bonds is 9. The summed E-state index contributed by atoms with van der Waals surface area (Å²) in [6.07, 6.45) is -0.689. The van der Waals surface area contributed by atoms with Gasteiger partial charge < -0.3 is 15.4 Å². The number of nitrogens with zero attached hydrogens (tertiary/aromatic N) is 3. The second-order valence-electron chi connectivity index (χ2n) is 6.91. The number of carbonyl (C=O) groups is 1. The minimum absolute atomic E-state index is 0.0202. The number of hydrogen-bond acceptors (Lipinski definition) is 7. The molecule has 2 aromatic carbocycles. The van der Waals surface area contributed by atoms with Crippen LogP contribution in [0.4, 0.5) is 30.4 Å². The zero-order valence-corrected chi connectivity index (χ0v) is 18.0. The predicted octanol–water partition coefficient (Wildman–Crippen LogP) is 4.59. The van der Waals surface area contributed by atoms with E-state index in [4.69, 9.17) is 17.2 Å². The Morgan fingerprint density at radius 3 is 2.72 bits per heavy atom. The fourth-order valence-electron chi connectivity index (χ4n) is 3.03. The van der Waals surface area contributed by atoms with Crippen molar-refractivity contribution < 1.29 is 22.7 Å². The van der Waals surface area contributed by atoms with E-state index < -0.39 is 30.8 Å². The molecule has 1 atom stereocenters. The molecule has 1 aromatic heterocycles. The number of benzene rings is 2. The highest BCUT2D eigenvalue weighted by Crippen LogP contribution is 2.33. The first kappa shape index (κ1) is 23.3. The maximum Gasteiger partial charge on any atom is 0.258 e. The van der Waals surface area contributed by atoms with Crippen LogP contribution in [0.25, 0.3) is 10.9 Å². The fraction of sp³-hybridized carbons (Fsp3) is 0.286. The lowest BCUT2D eigenvalue weighted by atomic mass is 10.1. The van der Waals surface area contributed by atoms with E-state index in [0.717, 1.165) is 17.0 Å². The Kier molecular flexibility index (Phi) is 7.52. The summed E-state index contributed by atoms with van der Waals surface area (Å²) in [5, 5.41) is 5.94. The molecule has 2 N–H and O–H groups in total. The third-order valence-electron chi connectivity index (χ3n) is 4.61. The number of ether oxygens (including phenoxy) is 1. The van der Waals surface area contributed by atoms with Crippen molar-refractivity contribution in [3.05, 3.63) is 48.0 Å². The van der Waals surface area contributed by atoms with Crippen LogP contribution in [0.1, 0.15) is 19.4 Å². The van der Waals surface area contributed by atoms with Crippen molar-refractivity contribution in [3.63, 3.8) is 0 Å². The summed E-state index contributed by atoms with van der Waals surface area (Å²) in [6.45, 7) is 2.57. The number of nitrogens with one attached hydrogen (secondary N) is 2. The lowest BCUT2D eigenvalue weighted by Gasteiger charge is -2.16. The van der Waals surface area contributed by atoms with Gasteiger partial charge in [0, 0.05) is 23.9 Å². The Balaban J connectivity index is 1.89. The molecule has 3 aromatic rings. The van der Waals surface area contributed by atoms with Gasteiger partial charge in [-0.05, 0) is 43.2 Å². The molecule has 0 aliphatic heterocycles. The molecule has 0 aliphatic carbocycles. The second-order valence-corrected chi connectivity index (χ2v) is 7.09. The van der Waals surface area contributed by atoms with Crippen LogP contribution in [0.2, 0.25) is 0 Å². The van der Waals surface area contributed by atoms with Gasteiger partial charge in [-0.15, -0.1) is 0 Å². The number of amides is 1. The molecule has 0 spiro atoms. The van der Waals surface area contributed by atoms with E-state index in [9.17, 15) is 18.0 Å². The van der Waals surface area contributed by atoms with Gasteiger partial charge in [0.05, 0.1) is 22.9 Å². The summed E-state index contributed by atoms with van der Waals surface area (Å²) in [5.41, 5.74) is 2.46. The zero-order valence-electron chi connectivity index (χ0n) is 17.2. The van der Waals surface area contributed by atoms with Crippen LogP contribution in [0.3, 0.4) is 0 Å². The number of fused-ring (bicyclic) bond motifs is 1.